The normalized spacial score (nSPS) is 20.4. The highest BCUT2D eigenvalue weighted by atomic mass is 35.5. The molecule has 1 unspecified atom stereocenters. The van der Waals surface area contributed by atoms with Crippen molar-refractivity contribution in [3.8, 4) is 0 Å². The van der Waals surface area contributed by atoms with Crippen LogP contribution in [0.15, 0.2) is 18.2 Å². The molecule has 0 bridgehead atoms. The van der Waals surface area contributed by atoms with E-state index in [1.807, 2.05) is 6.07 Å². The van der Waals surface area contributed by atoms with Gasteiger partial charge in [-0.1, -0.05) is 24.6 Å². The summed E-state index contributed by atoms with van der Waals surface area (Å²) in [6.07, 6.45) is 1.01. The summed E-state index contributed by atoms with van der Waals surface area (Å²) in [5.41, 5.74) is 0.886. The molecule has 1 aromatic rings. The van der Waals surface area contributed by atoms with Gasteiger partial charge in [0.1, 0.15) is 5.02 Å². The molecule has 0 amide bonds. The van der Waals surface area contributed by atoms with Crippen molar-refractivity contribution >= 4 is 17.3 Å². The SMILES string of the molecule is CCC1COCCN1Cc1ccc(Cl)c([N+](=O)[O-])c1. The average molecular weight is 285 g/mol. The van der Waals surface area contributed by atoms with Crippen LogP contribution in [0, 0.1) is 10.1 Å². The van der Waals surface area contributed by atoms with E-state index in [1.54, 1.807) is 12.1 Å². The van der Waals surface area contributed by atoms with Gasteiger partial charge in [0, 0.05) is 25.2 Å². The molecule has 6 heteroatoms. The zero-order chi connectivity index (χ0) is 13.8. The van der Waals surface area contributed by atoms with Crippen molar-refractivity contribution in [2.45, 2.75) is 25.9 Å². The van der Waals surface area contributed by atoms with Crippen LogP contribution in [0.4, 0.5) is 5.69 Å². The molecule has 0 N–H and O–H groups in total. The molecular weight excluding hydrogens is 268 g/mol. The minimum absolute atomic E-state index is 0.0273. The lowest BCUT2D eigenvalue weighted by molar-refractivity contribution is -0.384. The molecule has 2 rings (SSSR count). The topological polar surface area (TPSA) is 55.6 Å². The fourth-order valence-corrected chi connectivity index (χ4v) is 2.49. The monoisotopic (exact) mass is 284 g/mol. The standard InChI is InChI=1S/C13H17ClN2O3/c1-2-11-9-19-6-5-15(11)8-10-3-4-12(14)13(7-10)16(17)18/h3-4,7,11H,2,5-6,8-9H2,1H3. The van der Waals surface area contributed by atoms with Crippen molar-refractivity contribution in [3.05, 3.63) is 38.9 Å². The zero-order valence-electron chi connectivity index (χ0n) is 10.8. The highest BCUT2D eigenvalue weighted by molar-refractivity contribution is 6.32. The number of hydrogen-bond donors (Lipinski definition) is 0. The Labute approximate surface area is 117 Å². The van der Waals surface area contributed by atoms with Gasteiger partial charge in [0.25, 0.3) is 5.69 Å². The summed E-state index contributed by atoms with van der Waals surface area (Å²) in [6.45, 7) is 5.11. The maximum absolute atomic E-state index is 10.9. The maximum Gasteiger partial charge on any atom is 0.288 e. The van der Waals surface area contributed by atoms with Crippen LogP contribution in [0.25, 0.3) is 0 Å². The van der Waals surface area contributed by atoms with Gasteiger partial charge >= 0.3 is 0 Å². The van der Waals surface area contributed by atoms with E-state index >= 15 is 0 Å². The highest BCUT2D eigenvalue weighted by Crippen LogP contribution is 2.26. The van der Waals surface area contributed by atoms with Gasteiger partial charge in [-0.2, -0.15) is 0 Å². The van der Waals surface area contributed by atoms with Gasteiger partial charge in [-0.15, -0.1) is 0 Å². The minimum Gasteiger partial charge on any atom is -0.378 e. The van der Waals surface area contributed by atoms with Gasteiger partial charge in [-0.05, 0) is 18.1 Å². The number of ether oxygens (including phenoxy) is 1. The van der Waals surface area contributed by atoms with E-state index in [4.69, 9.17) is 16.3 Å². The van der Waals surface area contributed by atoms with Crippen molar-refractivity contribution in [2.75, 3.05) is 19.8 Å². The van der Waals surface area contributed by atoms with Crippen molar-refractivity contribution in [3.63, 3.8) is 0 Å². The number of halogens is 1. The Morgan fingerprint density at radius 1 is 1.58 bits per heavy atom. The fraction of sp³-hybridized carbons (Fsp3) is 0.538. The molecular formula is C13H17ClN2O3. The second-order valence-corrected chi connectivity index (χ2v) is 5.06. The number of nitro benzene ring substituents is 1. The van der Waals surface area contributed by atoms with Crippen LogP contribution in [0.3, 0.4) is 0 Å². The molecule has 1 aliphatic rings. The van der Waals surface area contributed by atoms with E-state index in [9.17, 15) is 10.1 Å². The molecule has 1 atom stereocenters. The molecule has 0 radical (unpaired) electrons. The van der Waals surface area contributed by atoms with Crippen LogP contribution in [-0.2, 0) is 11.3 Å². The summed E-state index contributed by atoms with van der Waals surface area (Å²) in [4.78, 5) is 12.7. The molecule has 5 nitrogen and oxygen atoms in total. The van der Waals surface area contributed by atoms with Crippen LogP contribution < -0.4 is 0 Å². The second kappa shape index (κ2) is 6.32. The number of nitro groups is 1. The lowest BCUT2D eigenvalue weighted by Gasteiger charge is -2.35. The first-order valence-corrected chi connectivity index (χ1v) is 6.74. The molecule has 0 spiro atoms. The maximum atomic E-state index is 10.9. The van der Waals surface area contributed by atoms with E-state index in [2.05, 4.69) is 11.8 Å². The van der Waals surface area contributed by atoms with Crippen LogP contribution in [0.5, 0.6) is 0 Å². The molecule has 0 saturated carbocycles. The van der Waals surface area contributed by atoms with Crippen molar-refractivity contribution in [1.29, 1.82) is 0 Å². The summed E-state index contributed by atoms with van der Waals surface area (Å²) in [7, 11) is 0. The number of morpholine rings is 1. The summed E-state index contributed by atoms with van der Waals surface area (Å²) >= 11 is 5.81. The van der Waals surface area contributed by atoms with E-state index < -0.39 is 4.92 Å². The predicted molar refractivity (Wildman–Crippen MR) is 73.4 cm³/mol. The predicted octanol–water partition coefficient (Wildman–Crippen LogP) is 2.86. The van der Waals surface area contributed by atoms with Gasteiger partial charge < -0.3 is 4.74 Å². The summed E-state index contributed by atoms with van der Waals surface area (Å²) < 4.78 is 5.45. The Morgan fingerprint density at radius 2 is 2.37 bits per heavy atom. The zero-order valence-corrected chi connectivity index (χ0v) is 11.6. The molecule has 104 valence electrons. The lowest BCUT2D eigenvalue weighted by atomic mass is 10.1. The molecule has 1 heterocycles. The third-order valence-corrected chi connectivity index (χ3v) is 3.73. The second-order valence-electron chi connectivity index (χ2n) is 4.65. The lowest BCUT2D eigenvalue weighted by Crippen LogP contribution is -2.44. The molecule has 0 aliphatic carbocycles. The molecule has 1 aliphatic heterocycles. The van der Waals surface area contributed by atoms with Gasteiger partial charge in [-0.3, -0.25) is 15.0 Å². The first kappa shape index (κ1) is 14.2. The average Bonchev–Trinajstić information content (AvgIpc) is 2.41. The van der Waals surface area contributed by atoms with E-state index in [0.717, 1.165) is 25.1 Å². The Morgan fingerprint density at radius 3 is 3.05 bits per heavy atom. The summed E-state index contributed by atoms with van der Waals surface area (Å²) in [5, 5.41) is 11.1. The number of rotatable bonds is 4. The Bertz CT molecular complexity index is 467. The quantitative estimate of drug-likeness (QED) is 0.630. The van der Waals surface area contributed by atoms with Crippen LogP contribution in [0.2, 0.25) is 5.02 Å². The summed E-state index contributed by atoms with van der Waals surface area (Å²) in [6, 6.07) is 5.38. The van der Waals surface area contributed by atoms with Gasteiger partial charge in [0.05, 0.1) is 18.1 Å². The van der Waals surface area contributed by atoms with Crippen LogP contribution in [-0.4, -0.2) is 35.6 Å². The highest BCUT2D eigenvalue weighted by Gasteiger charge is 2.22. The largest absolute Gasteiger partial charge is 0.378 e. The van der Waals surface area contributed by atoms with Crippen molar-refractivity contribution in [2.24, 2.45) is 0 Å². The third-order valence-electron chi connectivity index (χ3n) is 3.41. The third kappa shape index (κ3) is 3.43. The van der Waals surface area contributed by atoms with Crippen molar-refractivity contribution < 1.29 is 9.66 Å². The van der Waals surface area contributed by atoms with Gasteiger partial charge in [-0.25, -0.2) is 0 Å². The Balaban J connectivity index is 2.14. The minimum atomic E-state index is -0.442. The van der Waals surface area contributed by atoms with E-state index in [1.165, 1.54) is 0 Å². The molecule has 1 aromatic carbocycles. The number of hydrogen-bond acceptors (Lipinski definition) is 4. The smallest absolute Gasteiger partial charge is 0.288 e. The first-order valence-electron chi connectivity index (χ1n) is 6.36. The first-order chi connectivity index (χ1) is 9.11. The molecule has 1 fully saturated rings. The fourth-order valence-electron chi connectivity index (χ4n) is 2.30. The summed E-state index contributed by atoms with van der Waals surface area (Å²) in [5.74, 6) is 0. The number of benzene rings is 1. The Hall–Kier alpha value is -1.17. The van der Waals surface area contributed by atoms with Crippen molar-refractivity contribution in [1.82, 2.24) is 4.90 Å². The molecule has 0 aromatic heterocycles. The molecule has 19 heavy (non-hydrogen) atoms. The van der Waals surface area contributed by atoms with Crippen LogP contribution in [0.1, 0.15) is 18.9 Å². The van der Waals surface area contributed by atoms with E-state index in [0.29, 0.717) is 19.2 Å². The van der Waals surface area contributed by atoms with Crippen LogP contribution >= 0.6 is 11.6 Å². The molecule has 1 saturated heterocycles. The van der Waals surface area contributed by atoms with Gasteiger partial charge in [0.15, 0.2) is 0 Å². The van der Waals surface area contributed by atoms with E-state index in [-0.39, 0.29) is 10.7 Å². The Kier molecular flexibility index (Phi) is 4.74. The number of nitrogens with zero attached hydrogens (tertiary/aromatic N) is 2. The van der Waals surface area contributed by atoms with Gasteiger partial charge in [0.2, 0.25) is 0 Å².